The predicted octanol–water partition coefficient (Wildman–Crippen LogP) is 2.98. The molecule has 2 N–H and O–H groups in total. The normalized spacial score (nSPS) is 10.3. The molecule has 4 heteroatoms. The second-order valence-corrected chi connectivity index (χ2v) is 4.53. The first-order valence-electron chi connectivity index (χ1n) is 6.31. The molecule has 0 saturated heterocycles. The Morgan fingerprint density at radius 2 is 1.85 bits per heavy atom. The first-order chi connectivity index (χ1) is 9.60. The number of carbonyl (C=O) groups is 1. The van der Waals surface area contributed by atoms with Gasteiger partial charge in [0.25, 0.3) is 0 Å². The zero-order chi connectivity index (χ0) is 14.5. The minimum absolute atomic E-state index is 0.257. The van der Waals surface area contributed by atoms with E-state index in [1.54, 1.807) is 30.3 Å². The molecule has 104 valence electrons. The van der Waals surface area contributed by atoms with Crippen molar-refractivity contribution in [1.82, 2.24) is 0 Å². The number of benzene rings is 2. The maximum atomic E-state index is 12.8. The fraction of sp³-hybridized carbons (Fsp3) is 0.188. The SMILES string of the molecule is COC(=O)c1ccc(N)cc1CCc1ccc(F)cc1. The van der Waals surface area contributed by atoms with E-state index >= 15 is 0 Å². The Kier molecular flexibility index (Phi) is 4.35. The van der Waals surface area contributed by atoms with Gasteiger partial charge in [-0.1, -0.05) is 12.1 Å². The van der Waals surface area contributed by atoms with Crippen LogP contribution in [0.5, 0.6) is 0 Å². The Labute approximate surface area is 117 Å². The van der Waals surface area contributed by atoms with E-state index in [1.807, 2.05) is 0 Å². The van der Waals surface area contributed by atoms with Crippen LogP contribution in [0.4, 0.5) is 10.1 Å². The van der Waals surface area contributed by atoms with Gasteiger partial charge < -0.3 is 10.5 Å². The molecule has 0 aliphatic heterocycles. The largest absolute Gasteiger partial charge is 0.465 e. The van der Waals surface area contributed by atoms with Gasteiger partial charge in [-0.3, -0.25) is 0 Å². The highest BCUT2D eigenvalue weighted by molar-refractivity contribution is 5.91. The Bertz CT molecular complexity index is 608. The predicted molar refractivity (Wildman–Crippen MR) is 76.0 cm³/mol. The summed E-state index contributed by atoms with van der Waals surface area (Å²) in [6.45, 7) is 0. The molecule has 0 saturated carbocycles. The summed E-state index contributed by atoms with van der Waals surface area (Å²) in [5, 5.41) is 0. The van der Waals surface area contributed by atoms with Gasteiger partial charge >= 0.3 is 5.97 Å². The molecular formula is C16H16FNO2. The minimum Gasteiger partial charge on any atom is -0.465 e. The van der Waals surface area contributed by atoms with Gasteiger partial charge in [-0.2, -0.15) is 0 Å². The highest BCUT2D eigenvalue weighted by Gasteiger charge is 2.11. The number of nitrogens with two attached hydrogens (primary N) is 1. The van der Waals surface area contributed by atoms with Gasteiger partial charge in [0, 0.05) is 5.69 Å². The summed E-state index contributed by atoms with van der Waals surface area (Å²) in [6.07, 6.45) is 1.34. The van der Waals surface area contributed by atoms with Crippen LogP contribution in [0.25, 0.3) is 0 Å². The first kappa shape index (κ1) is 14.1. The van der Waals surface area contributed by atoms with Crippen molar-refractivity contribution in [2.45, 2.75) is 12.8 Å². The van der Waals surface area contributed by atoms with E-state index in [0.29, 0.717) is 24.1 Å². The number of rotatable bonds is 4. The van der Waals surface area contributed by atoms with Crippen molar-refractivity contribution in [1.29, 1.82) is 0 Å². The van der Waals surface area contributed by atoms with Crippen molar-refractivity contribution < 1.29 is 13.9 Å². The number of methoxy groups -OCH3 is 1. The van der Waals surface area contributed by atoms with E-state index < -0.39 is 0 Å². The Morgan fingerprint density at radius 1 is 1.15 bits per heavy atom. The van der Waals surface area contributed by atoms with E-state index in [-0.39, 0.29) is 11.8 Å². The lowest BCUT2D eigenvalue weighted by Crippen LogP contribution is -2.07. The summed E-state index contributed by atoms with van der Waals surface area (Å²) in [5.74, 6) is -0.632. The highest BCUT2D eigenvalue weighted by Crippen LogP contribution is 2.17. The number of nitrogen functional groups attached to an aromatic ring is 1. The van der Waals surface area contributed by atoms with Crippen molar-refractivity contribution in [3.63, 3.8) is 0 Å². The summed E-state index contributed by atoms with van der Waals surface area (Å²) in [4.78, 5) is 11.7. The molecular weight excluding hydrogens is 257 g/mol. The number of ether oxygens (including phenoxy) is 1. The lowest BCUT2D eigenvalue weighted by molar-refractivity contribution is 0.0599. The first-order valence-corrected chi connectivity index (χ1v) is 6.31. The van der Waals surface area contributed by atoms with Crippen molar-refractivity contribution in [3.05, 3.63) is 65.0 Å². The molecule has 3 nitrogen and oxygen atoms in total. The molecule has 2 aromatic rings. The van der Waals surface area contributed by atoms with Crippen LogP contribution in [0.2, 0.25) is 0 Å². The van der Waals surface area contributed by atoms with Crippen LogP contribution >= 0.6 is 0 Å². The Balaban J connectivity index is 2.17. The average molecular weight is 273 g/mol. The second kappa shape index (κ2) is 6.19. The monoisotopic (exact) mass is 273 g/mol. The maximum Gasteiger partial charge on any atom is 0.338 e. The summed E-state index contributed by atoms with van der Waals surface area (Å²) in [7, 11) is 1.35. The van der Waals surface area contributed by atoms with Crippen LogP contribution < -0.4 is 5.73 Å². The summed E-state index contributed by atoms with van der Waals surface area (Å²) >= 11 is 0. The van der Waals surface area contributed by atoms with Crippen LogP contribution in [0.3, 0.4) is 0 Å². The second-order valence-electron chi connectivity index (χ2n) is 4.53. The summed E-state index contributed by atoms with van der Waals surface area (Å²) in [6, 6.07) is 11.4. The number of anilines is 1. The van der Waals surface area contributed by atoms with Crippen LogP contribution in [0.1, 0.15) is 21.5 Å². The van der Waals surface area contributed by atoms with Crippen LogP contribution in [0, 0.1) is 5.82 Å². The third kappa shape index (κ3) is 3.35. The average Bonchev–Trinajstić information content (AvgIpc) is 2.46. The van der Waals surface area contributed by atoms with Crippen LogP contribution in [-0.4, -0.2) is 13.1 Å². The minimum atomic E-state index is -0.376. The summed E-state index contributed by atoms with van der Waals surface area (Å²) in [5.41, 5.74) is 8.72. The van der Waals surface area contributed by atoms with Crippen molar-refractivity contribution in [2.75, 3.05) is 12.8 Å². The highest BCUT2D eigenvalue weighted by atomic mass is 19.1. The number of hydrogen-bond donors (Lipinski definition) is 1. The molecule has 0 aliphatic rings. The molecule has 0 unspecified atom stereocenters. The number of esters is 1. The molecule has 0 spiro atoms. The van der Waals surface area contributed by atoms with E-state index in [4.69, 9.17) is 10.5 Å². The molecule has 0 bridgehead atoms. The van der Waals surface area contributed by atoms with Crippen LogP contribution in [-0.2, 0) is 17.6 Å². The van der Waals surface area contributed by atoms with Gasteiger partial charge in [-0.05, 0) is 54.3 Å². The van der Waals surface area contributed by atoms with Crippen molar-refractivity contribution >= 4 is 11.7 Å². The van der Waals surface area contributed by atoms with E-state index in [9.17, 15) is 9.18 Å². The van der Waals surface area contributed by atoms with E-state index in [1.165, 1.54) is 19.2 Å². The lowest BCUT2D eigenvalue weighted by atomic mass is 9.99. The number of halogens is 1. The zero-order valence-corrected chi connectivity index (χ0v) is 11.2. The lowest BCUT2D eigenvalue weighted by Gasteiger charge is -2.09. The van der Waals surface area contributed by atoms with Crippen LogP contribution in [0.15, 0.2) is 42.5 Å². The molecule has 0 aliphatic carbocycles. The number of hydrogen-bond acceptors (Lipinski definition) is 3. The molecule has 0 amide bonds. The van der Waals surface area contributed by atoms with Crippen molar-refractivity contribution in [3.8, 4) is 0 Å². The Morgan fingerprint density at radius 3 is 2.50 bits per heavy atom. The smallest absolute Gasteiger partial charge is 0.338 e. The molecule has 20 heavy (non-hydrogen) atoms. The number of aryl methyl sites for hydroxylation is 2. The number of carbonyl (C=O) groups excluding carboxylic acids is 1. The topological polar surface area (TPSA) is 52.3 Å². The molecule has 0 fully saturated rings. The quantitative estimate of drug-likeness (QED) is 0.688. The standard InChI is InChI=1S/C16H16FNO2/c1-20-16(19)15-9-8-14(18)10-12(15)5-2-11-3-6-13(17)7-4-11/h3-4,6-10H,2,5,18H2,1H3. The Hall–Kier alpha value is -2.36. The van der Waals surface area contributed by atoms with Gasteiger partial charge in [0.2, 0.25) is 0 Å². The van der Waals surface area contributed by atoms with Gasteiger partial charge in [0.15, 0.2) is 0 Å². The molecule has 0 aromatic heterocycles. The van der Waals surface area contributed by atoms with Gasteiger partial charge in [0.1, 0.15) is 5.82 Å². The van der Waals surface area contributed by atoms with E-state index in [2.05, 4.69) is 0 Å². The fourth-order valence-electron chi connectivity index (χ4n) is 2.06. The van der Waals surface area contributed by atoms with E-state index in [0.717, 1.165) is 11.1 Å². The summed E-state index contributed by atoms with van der Waals surface area (Å²) < 4.78 is 17.6. The third-order valence-electron chi connectivity index (χ3n) is 3.13. The van der Waals surface area contributed by atoms with Gasteiger partial charge in [-0.25, -0.2) is 9.18 Å². The fourth-order valence-corrected chi connectivity index (χ4v) is 2.06. The maximum absolute atomic E-state index is 12.8. The third-order valence-corrected chi connectivity index (χ3v) is 3.13. The van der Waals surface area contributed by atoms with Gasteiger partial charge in [0.05, 0.1) is 12.7 Å². The van der Waals surface area contributed by atoms with Crippen molar-refractivity contribution in [2.24, 2.45) is 0 Å². The zero-order valence-electron chi connectivity index (χ0n) is 11.2. The molecule has 2 rings (SSSR count). The molecule has 0 atom stereocenters. The molecule has 2 aromatic carbocycles. The molecule has 0 radical (unpaired) electrons. The molecule has 0 heterocycles. The van der Waals surface area contributed by atoms with Gasteiger partial charge in [-0.15, -0.1) is 0 Å².